The lowest BCUT2D eigenvalue weighted by Crippen LogP contribution is -2.52. The molecule has 0 radical (unpaired) electrons. The van der Waals surface area contributed by atoms with E-state index in [9.17, 15) is 22.4 Å². The van der Waals surface area contributed by atoms with Crippen molar-refractivity contribution in [2.45, 2.75) is 25.1 Å². The van der Waals surface area contributed by atoms with E-state index in [1.54, 1.807) is 0 Å². The van der Waals surface area contributed by atoms with Gasteiger partial charge in [0.1, 0.15) is 12.6 Å². The second-order valence-electron chi connectivity index (χ2n) is 4.54. The fraction of sp³-hybridized carbons (Fsp3) is 0.500. The Bertz CT molecular complexity index is 487. The van der Waals surface area contributed by atoms with Gasteiger partial charge >= 0.3 is 12.6 Å². The van der Waals surface area contributed by atoms with Crippen LogP contribution in [0.2, 0.25) is 0 Å². The zero-order valence-electron chi connectivity index (χ0n) is 10.8. The highest BCUT2D eigenvalue weighted by Crippen LogP contribution is 2.25. The molecule has 2 amide bonds. The van der Waals surface area contributed by atoms with E-state index in [1.807, 2.05) is 5.32 Å². The minimum Gasteiger partial charge on any atom is -0.373 e. The summed E-state index contributed by atoms with van der Waals surface area (Å²) in [7, 11) is 0. The zero-order valence-corrected chi connectivity index (χ0v) is 10.8. The van der Waals surface area contributed by atoms with Crippen LogP contribution >= 0.6 is 0 Å². The van der Waals surface area contributed by atoms with Crippen LogP contribution < -0.4 is 5.32 Å². The van der Waals surface area contributed by atoms with E-state index in [0.717, 1.165) is 0 Å². The van der Waals surface area contributed by atoms with E-state index in [0.29, 0.717) is 5.56 Å². The van der Waals surface area contributed by atoms with Crippen LogP contribution in [-0.2, 0) is 11.3 Å². The van der Waals surface area contributed by atoms with Crippen LogP contribution in [0.3, 0.4) is 0 Å². The smallest absolute Gasteiger partial charge is 0.322 e. The van der Waals surface area contributed by atoms with Crippen LogP contribution in [-0.4, -0.2) is 47.6 Å². The third kappa shape index (κ3) is 3.81. The molecule has 0 spiro atoms. The van der Waals surface area contributed by atoms with Crippen molar-refractivity contribution in [3.05, 3.63) is 30.1 Å². The van der Waals surface area contributed by atoms with Crippen LogP contribution in [0.15, 0.2) is 24.5 Å². The predicted molar refractivity (Wildman–Crippen MR) is 63.9 cm³/mol. The highest BCUT2D eigenvalue weighted by atomic mass is 19.3. The summed E-state index contributed by atoms with van der Waals surface area (Å²) in [5.74, 6) is -3.26. The number of hydrogen-bond donors (Lipinski definition) is 1. The molecule has 9 heteroatoms. The summed E-state index contributed by atoms with van der Waals surface area (Å²) in [6, 6.07) is 0.0342. The first kappa shape index (κ1) is 15.5. The van der Waals surface area contributed by atoms with Crippen LogP contribution in [0, 0.1) is 0 Å². The number of rotatable bonds is 4. The Hall–Kier alpha value is -1.90. The fourth-order valence-electron chi connectivity index (χ4n) is 1.83. The molecule has 1 unspecified atom stereocenters. The van der Waals surface area contributed by atoms with Gasteiger partial charge in [0.05, 0.1) is 13.2 Å². The summed E-state index contributed by atoms with van der Waals surface area (Å²) in [6.07, 6.45) is 2.77. The lowest BCUT2D eigenvalue weighted by molar-refractivity contribution is -0.0298. The van der Waals surface area contributed by atoms with Gasteiger partial charge in [-0.05, 0) is 17.7 Å². The summed E-state index contributed by atoms with van der Waals surface area (Å²) < 4.78 is 57.0. The quantitative estimate of drug-likeness (QED) is 0.682. The van der Waals surface area contributed by atoms with Gasteiger partial charge in [-0.2, -0.15) is 8.78 Å². The first-order valence-corrected chi connectivity index (χ1v) is 6.10. The van der Waals surface area contributed by atoms with Gasteiger partial charge in [-0.1, -0.05) is 0 Å². The van der Waals surface area contributed by atoms with Crippen LogP contribution in [0.5, 0.6) is 0 Å². The van der Waals surface area contributed by atoms with Crippen LogP contribution in [0.1, 0.15) is 5.56 Å². The molecule has 1 saturated heterocycles. The summed E-state index contributed by atoms with van der Waals surface area (Å²) >= 11 is 0. The van der Waals surface area contributed by atoms with Gasteiger partial charge in [0, 0.05) is 12.4 Å². The first-order valence-electron chi connectivity index (χ1n) is 6.10. The maximum Gasteiger partial charge on any atom is 0.322 e. The molecular formula is C12H13F4N3O2. The van der Waals surface area contributed by atoms with Crippen molar-refractivity contribution in [1.29, 1.82) is 0 Å². The third-order valence-electron chi connectivity index (χ3n) is 2.99. The van der Waals surface area contributed by atoms with Crippen molar-refractivity contribution < 1.29 is 27.1 Å². The minimum atomic E-state index is -3.26. The number of pyridine rings is 1. The second kappa shape index (κ2) is 6.25. The molecule has 0 bridgehead atoms. The molecule has 0 aromatic carbocycles. The third-order valence-corrected chi connectivity index (χ3v) is 2.99. The summed E-state index contributed by atoms with van der Waals surface area (Å²) in [4.78, 5) is 15.7. The van der Waals surface area contributed by atoms with Crippen molar-refractivity contribution in [2.75, 3.05) is 13.2 Å². The Morgan fingerprint density at radius 2 is 2.14 bits per heavy atom. The molecule has 0 saturated carbocycles. The van der Waals surface area contributed by atoms with Gasteiger partial charge in [0.2, 0.25) is 0 Å². The SMILES string of the molecule is O=C(NC1COCC1(F)F)N(Cc1ccncc1)C(F)F. The van der Waals surface area contributed by atoms with Crippen LogP contribution in [0.25, 0.3) is 0 Å². The number of nitrogens with zero attached hydrogens (tertiary/aromatic N) is 2. The molecule has 1 aliphatic rings. The number of aromatic nitrogens is 1. The molecule has 21 heavy (non-hydrogen) atoms. The predicted octanol–water partition coefficient (Wildman–Crippen LogP) is 1.85. The Balaban J connectivity index is 2.03. The fourth-order valence-corrected chi connectivity index (χ4v) is 1.83. The lowest BCUT2D eigenvalue weighted by atomic mass is 10.2. The number of carbonyl (C=O) groups is 1. The lowest BCUT2D eigenvalue weighted by Gasteiger charge is -2.25. The Morgan fingerprint density at radius 3 is 2.67 bits per heavy atom. The number of alkyl halides is 4. The normalized spacial score (nSPS) is 20.5. The maximum absolute atomic E-state index is 13.3. The van der Waals surface area contributed by atoms with E-state index in [-0.39, 0.29) is 4.90 Å². The number of amides is 2. The number of urea groups is 1. The topological polar surface area (TPSA) is 54.5 Å². The number of halogens is 4. The highest BCUT2D eigenvalue weighted by Gasteiger charge is 2.46. The van der Waals surface area contributed by atoms with Crippen molar-refractivity contribution in [3.63, 3.8) is 0 Å². The molecule has 1 aliphatic heterocycles. The Labute approximate surface area is 117 Å². The number of ether oxygens (including phenoxy) is 1. The monoisotopic (exact) mass is 307 g/mol. The molecule has 116 valence electrons. The summed E-state index contributed by atoms with van der Waals surface area (Å²) in [5.41, 5.74) is 0.412. The molecule has 2 rings (SSSR count). The largest absolute Gasteiger partial charge is 0.373 e. The number of nitrogens with one attached hydrogen (secondary N) is 1. The number of carbonyl (C=O) groups excluding carboxylic acids is 1. The standard InChI is InChI=1S/C12H13F4N3O2/c13-10(14)19(5-8-1-3-17-4-2-8)11(20)18-9-6-21-7-12(9,15)16/h1-4,9-10H,5-7H2,(H,18,20). The van der Waals surface area contributed by atoms with E-state index in [4.69, 9.17) is 0 Å². The molecule has 1 aromatic heterocycles. The second-order valence-corrected chi connectivity index (χ2v) is 4.54. The molecule has 2 heterocycles. The molecule has 1 N–H and O–H groups in total. The van der Waals surface area contributed by atoms with Crippen LogP contribution in [0.4, 0.5) is 22.4 Å². The first-order chi connectivity index (χ1) is 9.90. The molecule has 5 nitrogen and oxygen atoms in total. The molecule has 1 fully saturated rings. The molecule has 1 aromatic rings. The minimum absolute atomic E-state index is 0.170. The number of hydrogen-bond acceptors (Lipinski definition) is 3. The maximum atomic E-state index is 13.3. The van der Waals surface area contributed by atoms with E-state index >= 15 is 0 Å². The highest BCUT2D eigenvalue weighted by molar-refractivity contribution is 5.74. The summed E-state index contributed by atoms with van der Waals surface area (Å²) in [5, 5.41) is 1.89. The van der Waals surface area contributed by atoms with Crippen molar-refractivity contribution in [1.82, 2.24) is 15.2 Å². The van der Waals surface area contributed by atoms with Crippen molar-refractivity contribution in [3.8, 4) is 0 Å². The zero-order chi connectivity index (χ0) is 15.5. The van der Waals surface area contributed by atoms with Crippen molar-refractivity contribution in [2.24, 2.45) is 0 Å². The average Bonchev–Trinajstić information content (AvgIpc) is 2.76. The average molecular weight is 307 g/mol. The Kier molecular flexibility index (Phi) is 4.61. The van der Waals surface area contributed by atoms with E-state index in [1.165, 1.54) is 24.5 Å². The Morgan fingerprint density at radius 1 is 1.48 bits per heavy atom. The van der Waals surface area contributed by atoms with E-state index in [2.05, 4.69) is 9.72 Å². The van der Waals surface area contributed by atoms with E-state index < -0.39 is 44.3 Å². The van der Waals surface area contributed by atoms with Crippen molar-refractivity contribution >= 4 is 6.03 Å². The molecule has 1 atom stereocenters. The van der Waals surface area contributed by atoms with Gasteiger partial charge in [0.15, 0.2) is 0 Å². The van der Waals surface area contributed by atoms with Gasteiger partial charge < -0.3 is 10.1 Å². The summed E-state index contributed by atoms with van der Waals surface area (Å²) in [6.45, 7) is -4.78. The van der Waals surface area contributed by atoms with Gasteiger partial charge in [-0.15, -0.1) is 0 Å². The van der Waals surface area contributed by atoms with Gasteiger partial charge in [-0.25, -0.2) is 13.6 Å². The molecule has 0 aliphatic carbocycles. The van der Waals surface area contributed by atoms with Gasteiger partial charge in [-0.3, -0.25) is 9.88 Å². The van der Waals surface area contributed by atoms with Gasteiger partial charge in [0.25, 0.3) is 5.92 Å². The molecular weight excluding hydrogens is 294 g/mol.